The lowest BCUT2D eigenvalue weighted by Gasteiger charge is -2.13. The number of likely N-dealkylation sites (N-methyl/N-ethyl adjacent to an activating group) is 1. The normalized spacial score (nSPS) is 11.9. The molecule has 0 radical (unpaired) electrons. The molecule has 0 unspecified atom stereocenters. The number of hydrogen-bond acceptors (Lipinski definition) is 5. The maximum absolute atomic E-state index is 14.2. The summed E-state index contributed by atoms with van der Waals surface area (Å²) in [5.41, 5.74) is 3.71. The number of oxime groups is 2. The second-order valence-corrected chi connectivity index (χ2v) is 6.19. The molecule has 0 saturated carbocycles. The van der Waals surface area contributed by atoms with Gasteiger partial charge in [0.05, 0.1) is 5.71 Å². The number of carbonyl (C=O) groups is 1. The lowest BCUT2D eigenvalue weighted by molar-refractivity contribution is -0.114. The fourth-order valence-corrected chi connectivity index (χ4v) is 2.71. The zero-order valence-electron chi connectivity index (χ0n) is 16.7. The van der Waals surface area contributed by atoms with Crippen molar-refractivity contribution in [2.24, 2.45) is 10.3 Å². The van der Waals surface area contributed by atoms with Crippen LogP contribution in [0.1, 0.15) is 34.7 Å². The van der Waals surface area contributed by atoms with Crippen molar-refractivity contribution in [2.45, 2.75) is 27.4 Å². The number of halogens is 1. The molecule has 0 aliphatic carbocycles. The summed E-state index contributed by atoms with van der Waals surface area (Å²) < 4.78 is 14.2. The van der Waals surface area contributed by atoms with Gasteiger partial charge in [0.15, 0.2) is 5.71 Å². The first-order valence-electron chi connectivity index (χ1n) is 8.74. The molecule has 0 aliphatic rings. The molecule has 7 heteroatoms. The van der Waals surface area contributed by atoms with Crippen molar-refractivity contribution in [1.82, 2.24) is 5.32 Å². The summed E-state index contributed by atoms with van der Waals surface area (Å²) in [5.74, 6) is -0.701. The molecular weight excluding hydrogens is 361 g/mol. The lowest BCUT2D eigenvalue weighted by atomic mass is 9.98. The number of benzene rings is 2. The Morgan fingerprint density at radius 3 is 2.36 bits per heavy atom. The van der Waals surface area contributed by atoms with Crippen LogP contribution in [-0.2, 0) is 21.1 Å². The largest absolute Gasteiger partial charge is 0.398 e. The summed E-state index contributed by atoms with van der Waals surface area (Å²) in [6, 6.07) is 10.6. The van der Waals surface area contributed by atoms with Gasteiger partial charge >= 0.3 is 0 Å². The maximum atomic E-state index is 14.2. The van der Waals surface area contributed by atoms with Gasteiger partial charge in [0.25, 0.3) is 5.91 Å². The molecule has 0 spiro atoms. The van der Waals surface area contributed by atoms with Crippen LogP contribution in [0.15, 0.2) is 46.7 Å². The summed E-state index contributed by atoms with van der Waals surface area (Å²) in [6.45, 7) is 5.36. The van der Waals surface area contributed by atoms with Crippen LogP contribution in [0.3, 0.4) is 0 Å². The first-order chi connectivity index (χ1) is 13.4. The monoisotopic (exact) mass is 385 g/mol. The third-order valence-electron chi connectivity index (χ3n) is 4.28. The van der Waals surface area contributed by atoms with Gasteiger partial charge in [-0.3, -0.25) is 4.79 Å². The highest BCUT2D eigenvalue weighted by Gasteiger charge is 2.19. The Morgan fingerprint density at radius 1 is 1.07 bits per heavy atom. The quantitative estimate of drug-likeness (QED) is 0.586. The van der Waals surface area contributed by atoms with Gasteiger partial charge in [0.2, 0.25) is 0 Å². The van der Waals surface area contributed by atoms with Crippen LogP contribution >= 0.6 is 0 Å². The first-order valence-corrected chi connectivity index (χ1v) is 8.74. The molecule has 148 valence electrons. The average molecular weight is 385 g/mol. The van der Waals surface area contributed by atoms with E-state index in [4.69, 9.17) is 9.68 Å². The fraction of sp³-hybridized carbons (Fsp3) is 0.286. The molecule has 6 nitrogen and oxygen atoms in total. The van der Waals surface area contributed by atoms with Gasteiger partial charge in [-0.05, 0) is 31.9 Å². The predicted octanol–water partition coefficient (Wildman–Crippen LogP) is 3.48. The van der Waals surface area contributed by atoms with E-state index in [0.29, 0.717) is 22.4 Å². The third-order valence-corrected chi connectivity index (χ3v) is 4.28. The SMILES string of the molecule is CNC(=O)/C(=N/OC)c1cccc(C)c1CO/N=C(\C)c1cccc(C)c1F. The van der Waals surface area contributed by atoms with Crippen LogP contribution < -0.4 is 5.32 Å². The maximum Gasteiger partial charge on any atom is 0.273 e. The van der Waals surface area contributed by atoms with Gasteiger partial charge in [-0.15, -0.1) is 0 Å². The molecular formula is C21H24FN3O3. The highest BCUT2D eigenvalue weighted by Crippen LogP contribution is 2.18. The average Bonchev–Trinajstić information content (AvgIpc) is 2.68. The minimum atomic E-state index is -0.379. The molecule has 2 rings (SSSR count). The minimum Gasteiger partial charge on any atom is -0.398 e. The molecule has 2 aromatic carbocycles. The first kappa shape index (κ1) is 21.1. The van der Waals surface area contributed by atoms with E-state index in [1.807, 2.05) is 19.1 Å². The topological polar surface area (TPSA) is 72.3 Å². The van der Waals surface area contributed by atoms with Crippen LogP contribution in [0.25, 0.3) is 0 Å². The summed E-state index contributed by atoms with van der Waals surface area (Å²) in [5, 5.41) is 10.4. The van der Waals surface area contributed by atoms with Crippen molar-refractivity contribution in [2.75, 3.05) is 14.2 Å². The number of hydrogen-bond donors (Lipinski definition) is 1. The van der Waals surface area contributed by atoms with Crippen molar-refractivity contribution in [3.05, 3.63) is 70.0 Å². The number of nitrogens with zero attached hydrogens (tertiary/aromatic N) is 2. The van der Waals surface area contributed by atoms with E-state index in [-0.39, 0.29) is 24.0 Å². The van der Waals surface area contributed by atoms with Gasteiger partial charge in [-0.1, -0.05) is 46.7 Å². The van der Waals surface area contributed by atoms with Crippen LogP contribution in [0.5, 0.6) is 0 Å². The molecule has 1 amide bonds. The minimum absolute atomic E-state index is 0.0898. The van der Waals surface area contributed by atoms with Crippen molar-refractivity contribution in [3.8, 4) is 0 Å². The zero-order chi connectivity index (χ0) is 20.7. The standard InChI is InChI=1S/C21H24FN3O3/c1-13-8-6-11-17(20(25-27-5)21(26)23-4)18(13)12-28-24-15(3)16-10-7-9-14(2)19(16)22/h6-11H,12H2,1-5H3,(H,23,26)/b24-15+,25-20+. The molecule has 0 aliphatic heterocycles. The van der Waals surface area contributed by atoms with Gasteiger partial charge in [-0.25, -0.2) is 4.39 Å². The second kappa shape index (κ2) is 9.64. The zero-order valence-corrected chi connectivity index (χ0v) is 16.7. The van der Waals surface area contributed by atoms with E-state index in [9.17, 15) is 9.18 Å². The highest BCUT2D eigenvalue weighted by atomic mass is 19.1. The molecule has 0 bridgehead atoms. The Balaban J connectivity index is 2.31. The summed E-state index contributed by atoms with van der Waals surface area (Å²) in [7, 11) is 2.89. The van der Waals surface area contributed by atoms with Gasteiger partial charge in [-0.2, -0.15) is 0 Å². The third kappa shape index (κ3) is 4.73. The molecule has 0 atom stereocenters. The van der Waals surface area contributed by atoms with Crippen molar-refractivity contribution in [1.29, 1.82) is 0 Å². The van der Waals surface area contributed by atoms with E-state index in [0.717, 1.165) is 11.1 Å². The summed E-state index contributed by atoms with van der Waals surface area (Å²) >= 11 is 0. The number of amides is 1. The molecule has 28 heavy (non-hydrogen) atoms. The summed E-state index contributed by atoms with van der Waals surface area (Å²) in [4.78, 5) is 22.5. The molecule has 2 aromatic rings. The van der Waals surface area contributed by atoms with Crippen molar-refractivity contribution >= 4 is 17.3 Å². The van der Waals surface area contributed by atoms with Crippen molar-refractivity contribution < 1.29 is 18.9 Å². The lowest BCUT2D eigenvalue weighted by Crippen LogP contribution is -2.29. The Labute approximate surface area is 164 Å². The van der Waals surface area contributed by atoms with E-state index in [1.54, 1.807) is 38.1 Å². The number of carbonyl (C=O) groups excluding carboxylic acids is 1. The van der Waals surface area contributed by atoms with E-state index in [1.165, 1.54) is 14.2 Å². The van der Waals surface area contributed by atoms with Gasteiger partial charge in [0.1, 0.15) is 19.5 Å². The van der Waals surface area contributed by atoms with Crippen LogP contribution in [0.2, 0.25) is 0 Å². The molecule has 0 saturated heterocycles. The number of aryl methyl sites for hydroxylation is 2. The molecule has 0 aromatic heterocycles. The van der Waals surface area contributed by atoms with E-state index >= 15 is 0 Å². The smallest absolute Gasteiger partial charge is 0.273 e. The van der Waals surface area contributed by atoms with Crippen LogP contribution in [0, 0.1) is 19.7 Å². The fourth-order valence-electron chi connectivity index (χ4n) is 2.71. The Hall–Kier alpha value is -3.22. The molecule has 0 heterocycles. The molecule has 0 fully saturated rings. The van der Waals surface area contributed by atoms with Gasteiger partial charge in [0, 0.05) is 23.7 Å². The highest BCUT2D eigenvalue weighted by molar-refractivity contribution is 6.45. The van der Waals surface area contributed by atoms with Crippen molar-refractivity contribution in [3.63, 3.8) is 0 Å². The Bertz CT molecular complexity index is 923. The number of rotatable bonds is 7. The molecule has 1 N–H and O–H groups in total. The second-order valence-electron chi connectivity index (χ2n) is 6.19. The van der Waals surface area contributed by atoms with Gasteiger partial charge < -0.3 is 15.0 Å². The summed E-state index contributed by atoms with van der Waals surface area (Å²) in [6.07, 6.45) is 0. The predicted molar refractivity (Wildman–Crippen MR) is 107 cm³/mol. The van der Waals surface area contributed by atoms with E-state index in [2.05, 4.69) is 15.6 Å². The van der Waals surface area contributed by atoms with Crippen LogP contribution in [-0.4, -0.2) is 31.5 Å². The Kier molecular flexibility index (Phi) is 7.26. The van der Waals surface area contributed by atoms with E-state index < -0.39 is 0 Å². The van der Waals surface area contributed by atoms with Crippen LogP contribution in [0.4, 0.5) is 4.39 Å². The Morgan fingerprint density at radius 2 is 1.71 bits per heavy atom. The number of nitrogens with one attached hydrogen (secondary N) is 1.